The standard InChI is InChI=1S/C22H29N3O6S/c1-7-30-20-11-9-17(12-21(20)29-6)14-23-31-16(3)22(26)24-19-13-18(10-8-15(19)2)32(27,28)25(4)5/h8-14,16H,7H2,1-6H3,(H,24,26)/b23-14+. The summed E-state index contributed by atoms with van der Waals surface area (Å²) in [5, 5.41) is 6.57. The molecule has 1 amide bonds. The van der Waals surface area contributed by atoms with Crippen LogP contribution in [0.25, 0.3) is 0 Å². The molecule has 0 aliphatic rings. The van der Waals surface area contributed by atoms with Crippen molar-refractivity contribution in [1.82, 2.24) is 4.31 Å². The first kappa shape index (κ1) is 25.2. The van der Waals surface area contributed by atoms with Crippen LogP contribution in [0.3, 0.4) is 0 Å². The van der Waals surface area contributed by atoms with Gasteiger partial charge in [0.25, 0.3) is 5.91 Å². The van der Waals surface area contributed by atoms with Crippen molar-refractivity contribution in [1.29, 1.82) is 0 Å². The van der Waals surface area contributed by atoms with E-state index in [2.05, 4.69) is 10.5 Å². The molecule has 0 spiro atoms. The number of methoxy groups -OCH3 is 1. The molecule has 1 atom stereocenters. The summed E-state index contributed by atoms with van der Waals surface area (Å²) in [4.78, 5) is 17.9. The van der Waals surface area contributed by atoms with Gasteiger partial charge < -0.3 is 19.6 Å². The van der Waals surface area contributed by atoms with Crippen LogP contribution in [-0.4, -0.2) is 58.8 Å². The second-order valence-electron chi connectivity index (χ2n) is 7.08. The molecule has 0 aliphatic carbocycles. The molecular weight excluding hydrogens is 434 g/mol. The zero-order valence-electron chi connectivity index (χ0n) is 19.1. The Morgan fingerprint density at radius 2 is 1.91 bits per heavy atom. The maximum atomic E-state index is 12.5. The number of anilines is 1. The number of hydrogen-bond acceptors (Lipinski definition) is 7. The first-order valence-corrected chi connectivity index (χ1v) is 11.4. The van der Waals surface area contributed by atoms with Gasteiger partial charge in [-0.1, -0.05) is 11.2 Å². The second kappa shape index (κ2) is 11.0. The minimum Gasteiger partial charge on any atom is -0.493 e. The first-order chi connectivity index (χ1) is 15.1. The van der Waals surface area contributed by atoms with Gasteiger partial charge in [-0.15, -0.1) is 0 Å². The van der Waals surface area contributed by atoms with E-state index in [4.69, 9.17) is 14.3 Å². The van der Waals surface area contributed by atoms with Crippen LogP contribution in [0.1, 0.15) is 25.0 Å². The number of ether oxygens (including phenoxy) is 2. The summed E-state index contributed by atoms with van der Waals surface area (Å²) < 4.78 is 36.6. The van der Waals surface area contributed by atoms with E-state index in [9.17, 15) is 13.2 Å². The summed E-state index contributed by atoms with van der Waals surface area (Å²) in [6, 6.07) is 9.83. The van der Waals surface area contributed by atoms with Crippen molar-refractivity contribution in [2.75, 3.05) is 33.1 Å². The minimum absolute atomic E-state index is 0.0828. The lowest BCUT2D eigenvalue weighted by atomic mass is 10.2. The molecule has 0 aliphatic heterocycles. The normalized spacial score (nSPS) is 12.6. The summed E-state index contributed by atoms with van der Waals surface area (Å²) in [7, 11) is 0.814. The molecule has 0 aromatic heterocycles. The Morgan fingerprint density at radius 1 is 1.19 bits per heavy atom. The largest absolute Gasteiger partial charge is 0.493 e. The predicted molar refractivity (Wildman–Crippen MR) is 123 cm³/mol. The quantitative estimate of drug-likeness (QED) is 0.429. The van der Waals surface area contributed by atoms with Crippen molar-refractivity contribution < 1.29 is 27.5 Å². The van der Waals surface area contributed by atoms with E-state index in [1.165, 1.54) is 32.4 Å². The monoisotopic (exact) mass is 463 g/mol. The molecule has 2 rings (SSSR count). The lowest BCUT2D eigenvalue weighted by molar-refractivity contribution is -0.126. The predicted octanol–water partition coefficient (Wildman–Crippen LogP) is 3.03. The van der Waals surface area contributed by atoms with Gasteiger partial charge in [-0.2, -0.15) is 0 Å². The number of rotatable bonds is 10. The molecule has 0 saturated heterocycles. The van der Waals surface area contributed by atoms with E-state index in [0.717, 1.165) is 4.31 Å². The molecule has 0 fully saturated rings. The molecule has 0 heterocycles. The summed E-state index contributed by atoms with van der Waals surface area (Å²) >= 11 is 0. The van der Waals surface area contributed by atoms with Gasteiger partial charge in [0.2, 0.25) is 16.1 Å². The fraction of sp³-hybridized carbons (Fsp3) is 0.364. The van der Waals surface area contributed by atoms with Gasteiger partial charge >= 0.3 is 0 Å². The minimum atomic E-state index is -3.62. The van der Waals surface area contributed by atoms with E-state index < -0.39 is 22.0 Å². The summed E-state index contributed by atoms with van der Waals surface area (Å²) in [6.07, 6.45) is 0.543. The highest BCUT2D eigenvalue weighted by Gasteiger charge is 2.20. The van der Waals surface area contributed by atoms with E-state index in [1.807, 2.05) is 6.92 Å². The van der Waals surface area contributed by atoms with E-state index in [1.54, 1.807) is 45.2 Å². The van der Waals surface area contributed by atoms with Gasteiger partial charge in [-0.3, -0.25) is 4.79 Å². The summed E-state index contributed by atoms with van der Waals surface area (Å²) in [5.74, 6) is 0.716. The third kappa shape index (κ3) is 6.21. The smallest absolute Gasteiger partial charge is 0.267 e. The molecule has 1 unspecified atom stereocenters. The number of sulfonamides is 1. The number of nitrogens with zero attached hydrogens (tertiary/aromatic N) is 2. The highest BCUT2D eigenvalue weighted by Crippen LogP contribution is 2.27. The van der Waals surface area contributed by atoms with Crippen molar-refractivity contribution in [2.45, 2.75) is 31.8 Å². The molecular formula is C22H29N3O6S. The van der Waals surface area contributed by atoms with Crippen LogP contribution in [0.15, 0.2) is 46.4 Å². The first-order valence-electron chi connectivity index (χ1n) is 9.94. The van der Waals surface area contributed by atoms with Gasteiger partial charge in [0.05, 0.1) is 24.8 Å². The average Bonchev–Trinajstić information content (AvgIpc) is 2.75. The van der Waals surface area contributed by atoms with E-state index in [0.29, 0.717) is 34.9 Å². The number of aryl methyl sites for hydroxylation is 1. The maximum Gasteiger partial charge on any atom is 0.267 e. The highest BCUT2D eigenvalue weighted by molar-refractivity contribution is 7.89. The van der Waals surface area contributed by atoms with E-state index >= 15 is 0 Å². The lowest BCUT2D eigenvalue weighted by Crippen LogP contribution is -2.27. The number of hydrogen-bond donors (Lipinski definition) is 1. The maximum absolute atomic E-state index is 12.5. The van der Waals surface area contributed by atoms with Gasteiger partial charge in [-0.25, -0.2) is 12.7 Å². The molecule has 0 radical (unpaired) electrons. The number of oxime groups is 1. The molecule has 32 heavy (non-hydrogen) atoms. The third-order valence-corrected chi connectivity index (χ3v) is 6.33. The average molecular weight is 464 g/mol. The number of carbonyl (C=O) groups excluding carboxylic acids is 1. The lowest BCUT2D eigenvalue weighted by Gasteiger charge is -2.15. The molecule has 1 N–H and O–H groups in total. The fourth-order valence-corrected chi connectivity index (χ4v) is 3.54. The Labute approximate surface area is 189 Å². The van der Waals surface area contributed by atoms with Crippen LogP contribution >= 0.6 is 0 Å². The molecule has 2 aromatic carbocycles. The van der Waals surface area contributed by atoms with Gasteiger partial charge in [0, 0.05) is 25.3 Å². The van der Waals surface area contributed by atoms with Crippen LogP contribution in [0.5, 0.6) is 11.5 Å². The molecule has 2 aromatic rings. The van der Waals surface area contributed by atoms with Gasteiger partial charge in [-0.05, 0) is 56.7 Å². The third-order valence-electron chi connectivity index (χ3n) is 4.52. The van der Waals surface area contributed by atoms with Crippen LogP contribution in [0.2, 0.25) is 0 Å². The Balaban J connectivity index is 2.06. The van der Waals surface area contributed by atoms with Crippen molar-refractivity contribution in [3.8, 4) is 11.5 Å². The molecule has 0 bridgehead atoms. The van der Waals surface area contributed by atoms with Crippen LogP contribution < -0.4 is 14.8 Å². The van der Waals surface area contributed by atoms with Crippen molar-refractivity contribution in [3.63, 3.8) is 0 Å². The van der Waals surface area contributed by atoms with Gasteiger partial charge in [0.15, 0.2) is 11.5 Å². The Morgan fingerprint density at radius 3 is 2.53 bits per heavy atom. The molecule has 10 heteroatoms. The summed E-state index contributed by atoms with van der Waals surface area (Å²) in [6.45, 7) is 5.71. The SMILES string of the molecule is CCOc1ccc(/C=N/OC(C)C(=O)Nc2cc(S(=O)(=O)N(C)C)ccc2C)cc1OC. The molecule has 0 saturated carbocycles. The highest BCUT2D eigenvalue weighted by atomic mass is 32.2. The van der Waals surface area contributed by atoms with E-state index in [-0.39, 0.29) is 4.90 Å². The summed E-state index contributed by atoms with van der Waals surface area (Å²) in [5.41, 5.74) is 1.80. The second-order valence-corrected chi connectivity index (χ2v) is 9.23. The molecule has 9 nitrogen and oxygen atoms in total. The molecule has 174 valence electrons. The Bertz CT molecular complexity index is 1080. The van der Waals surface area contributed by atoms with Crippen molar-refractivity contribution >= 4 is 27.8 Å². The van der Waals surface area contributed by atoms with Crippen LogP contribution in [0, 0.1) is 6.92 Å². The topological polar surface area (TPSA) is 107 Å². The van der Waals surface area contributed by atoms with Crippen molar-refractivity contribution in [3.05, 3.63) is 47.5 Å². The Kier molecular flexibility index (Phi) is 8.62. The fourth-order valence-electron chi connectivity index (χ4n) is 2.61. The number of amides is 1. The van der Waals surface area contributed by atoms with Gasteiger partial charge in [0.1, 0.15) is 0 Å². The van der Waals surface area contributed by atoms with Crippen LogP contribution in [-0.2, 0) is 19.7 Å². The number of nitrogens with one attached hydrogen (secondary N) is 1. The Hall–Kier alpha value is -3.11. The number of benzene rings is 2. The zero-order valence-corrected chi connectivity index (χ0v) is 19.9. The number of carbonyl (C=O) groups is 1. The van der Waals surface area contributed by atoms with Crippen LogP contribution in [0.4, 0.5) is 5.69 Å². The van der Waals surface area contributed by atoms with Crippen molar-refractivity contribution in [2.24, 2.45) is 5.16 Å². The zero-order chi connectivity index (χ0) is 23.9.